The predicted octanol–water partition coefficient (Wildman–Crippen LogP) is 5.22. The van der Waals surface area contributed by atoms with Crippen LogP contribution in [0.15, 0.2) is 53.0 Å². The van der Waals surface area contributed by atoms with Gasteiger partial charge in [-0.15, -0.1) is 0 Å². The first-order chi connectivity index (χ1) is 10.3. The van der Waals surface area contributed by atoms with Crippen LogP contribution in [0.4, 0.5) is 0 Å². The maximum Gasteiger partial charge on any atom is 0.0326 e. The second kappa shape index (κ2) is 6.76. The lowest BCUT2D eigenvalue weighted by Gasteiger charge is -2.33. The summed E-state index contributed by atoms with van der Waals surface area (Å²) in [7, 11) is 0. The van der Waals surface area contributed by atoms with Gasteiger partial charge in [0.05, 0.1) is 0 Å². The smallest absolute Gasteiger partial charge is 0.0326 e. The van der Waals surface area contributed by atoms with Gasteiger partial charge in [-0.2, -0.15) is 0 Å². The molecule has 0 saturated carbocycles. The second-order valence-corrected chi connectivity index (χ2v) is 6.81. The van der Waals surface area contributed by atoms with Crippen molar-refractivity contribution in [3.8, 4) is 0 Å². The van der Waals surface area contributed by atoms with Gasteiger partial charge in [-0.25, -0.2) is 0 Å². The van der Waals surface area contributed by atoms with Crippen molar-refractivity contribution in [3.05, 3.63) is 69.7 Å². The van der Waals surface area contributed by atoms with Crippen LogP contribution in [-0.4, -0.2) is 6.54 Å². The zero-order chi connectivity index (χ0) is 14.7. The predicted molar refractivity (Wildman–Crippen MR) is 92.7 cm³/mol. The molecule has 2 aromatic rings. The summed E-state index contributed by atoms with van der Waals surface area (Å²) in [6, 6.07) is 18.0. The van der Waals surface area contributed by atoms with E-state index >= 15 is 0 Å². The van der Waals surface area contributed by atoms with Crippen molar-refractivity contribution < 1.29 is 0 Å². The summed E-state index contributed by atoms with van der Waals surface area (Å²) in [5.74, 6) is 0.703. The van der Waals surface area contributed by atoms with Crippen LogP contribution >= 0.6 is 15.9 Å². The first kappa shape index (κ1) is 14.8. The SMILES string of the molecule is CCCNC(CC1Cc2ccccc21)c1cccc(Br)c1. The van der Waals surface area contributed by atoms with Gasteiger partial charge in [-0.3, -0.25) is 0 Å². The quantitative estimate of drug-likeness (QED) is 0.758. The zero-order valence-corrected chi connectivity index (χ0v) is 14.1. The van der Waals surface area contributed by atoms with Gasteiger partial charge < -0.3 is 5.32 Å². The normalized spacial score (nSPS) is 17.9. The summed E-state index contributed by atoms with van der Waals surface area (Å²) >= 11 is 3.59. The molecule has 0 aromatic heterocycles. The van der Waals surface area contributed by atoms with E-state index in [4.69, 9.17) is 0 Å². The van der Waals surface area contributed by atoms with Gasteiger partial charge in [0.25, 0.3) is 0 Å². The number of halogens is 1. The average Bonchev–Trinajstić information content (AvgIpc) is 2.48. The Balaban J connectivity index is 1.75. The highest BCUT2D eigenvalue weighted by molar-refractivity contribution is 9.10. The molecule has 2 unspecified atom stereocenters. The Labute approximate surface area is 135 Å². The lowest BCUT2D eigenvalue weighted by molar-refractivity contribution is 0.428. The van der Waals surface area contributed by atoms with Crippen molar-refractivity contribution in [3.63, 3.8) is 0 Å². The maximum absolute atomic E-state index is 3.72. The number of benzene rings is 2. The lowest BCUT2D eigenvalue weighted by atomic mass is 9.74. The molecule has 2 aromatic carbocycles. The first-order valence-corrected chi connectivity index (χ1v) is 8.64. The molecule has 0 saturated heterocycles. The summed E-state index contributed by atoms with van der Waals surface area (Å²) in [5, 5.41) is 3.72. The summed E-state index contributed by atoms with van der Waals surface area (Å²) in [6.45, 7) is 3.30. The highest BCUT2D eigenvalue weighted by Crippen LogP contribution is 2.40. The minimum atomic E-state index is 0.445. The molecule has 2 heteroatoms. The lowest BCUT2D eigenvalue weighted by Crippen LogP contribution is -2.27. The maximum atomic E-state index is 3.72. The average molecular weight is 344 g/mol. The van der Waals surface area contributed by atoms with Gasteiger partial charge in [0, 0.05) is 10.5 Å². The molecule has 0 aliphatic heterocycles. The third-order valence-corrected chi connectivity index (χ3v) is 4.87. The van der Waals surface area contributed by atoms with Gasteiger partial charge in [0.1, 0.15) is 0 Å². The minimum absolute atomic E-state index is 0.445. The highest BCUT2D eigenvalue weighted by Gasteiger charge is 2.28. The molecule has 1 nitrogen and oxygen atoms in total. The van der Waals surface area contributed by atoms with Crippen molar-refractivity contribution in [2.75, 3.05) is 6.54 Å². The molecule has 1 aliphatic carbocycles. The number of hydrogen-bond donors (Lipinski definition) is 1. The van der Waals surface area contributed by atoms with Crippen LogP contribution < -0.4 is 5.32 Å². The largest absolute Gasteiger partial charge is 0.310 e. The molecule has 0 radical (unpaired) electrons. The van der Waals surface area contributed by atoms with E-state index in [1.165, 1.54) is 30.4 Å². The first-order valence-electron chi connectivity index (χ1n) is 7.84. The van der Waals surface area contributed by atoms with Crippen LogP contribution in [0.5, 0.6) is 0 Å². The van der Waals surface area contributed by atoms with E-state index in [9.17, 15) is 0 Å². The fourth-order valence-electron chi connectivity index (χ4n) is 3.24. The zero-order valence-electron chi connectivity index (χ0n) is 12.5. The number of fused-ring (bicyclic) bond motifs is 1. The third kappa shape index (κ3) is 3.38. The number of hydrogen-bond acceptors (Lipinski definition) is 1. The molecule has 0 bridgehead atoms. The van der Waals surface area contributed by atoms with Crippen molar-refractivity contribution in [1.29, 1.82) is 0 Å². The molecule has 1 aliphatic rings. The monoisotopic (exact) mass is 343 g/mol. The molecule has 2 atom stereocenters. The summed E-state index contributed by atoms with van der Waals surface area (Å²) in [4.78, 5) is 0. The van der Waals surface area contributed by atoms with Gasteiger partial charge in [-0.1, -0.05) is 59.3 Å². The van der Waals surface area contributed by atoms with Gasteiger partial charge in [0.2, 0.25) is 0 Å². The van der Waals surface area contributed by atoms with Crippen molar-refractivity contribution >= 4 is 15.9 Å². The fraction of sp³-hybridized carbons (Fsp3) is 0.368. The number of rotatable bonds is 6. The molecule has 3 rings (SSSR count). The van der Waals surface area contributed by atoms with E-state index in [1.807, 2.05) is 0 Å². The van der Waals surface area contributed by atoms with E-state index in [-0.39, 0.29) is 0 Å². The van der Waals surface area contributed by atoms with E-state index < -0.39 is 0 Å². The Bertz CT molecular complexity index is 608. The van der Waals surface area contributed by atoms with Gasteiger partial charge >= 0.3 is 0 Å². The molecule has 1 N–H and O–H groups in total. The number of nitrogens with one attached hydrogen (secondary N) is 1. The van der Waals surface area contributed by atoms with Crippen LogP contribution in [0.2, 0.25) is 0 Å². The van der Waals surface area contributed by atoms with Gasteiger partial charge in [0.15, 0.2) is 0 Å². The summed E-state index contributed by atoms with van der Waals surface area (Å²) < 4.78 is 1.16. The molecule has 0 fully saturated rings. The topological polar surface area (TPSA) is 12.0 Å². The van der Waals surface area contributed by atoms with Crippen LogP contribution in [0.1, 0.15) is 48.4 Å². The van der Waals surface area contributed by atoms with Crippen molar-refractivity contribution in [2.45, 2.75) is 38.1 Å². The Morgan fingerprint density at radius 1 is 1.19 bits per heavy atom. The Morgan fingerprint density at radius 2 is 2.05 bits per heavy atom. The van der Waals surface area contributed by atoms with E-state index in [0.29, 0.717) is 12.0 Å². The van der Waals surface area contributed by atoms with Crippen LogP contribution in [0.3, 0.4) is 0 Å². The minimum Gasteiger partial charge on any atom is -0.310 e. The van der Waals surface area contributed by atoms with Crippen molar-refractivity contribution in [1.82, 2.24) is 5.32 Å². The van der Waals surface area contributed by atoms with Crippen LogP contribution in [0, 0.1) is 0 Å². The fourth-order valence-corrected chi connectivity index (χ4v) is 3.65. The van der Waals surface area contributed by atoms with E-state index in [1.54, 1.807) is 5.56 Å². The molecular formula is C19H22BrN. The molecule has 0 spiro atoms. The molecular weight excluding hydrogens is 322 g/mol. The molecule has 110 valence electrons. The van der Waals surface area contributed by atoms with Crippen LogP contribution in [0.25, 0.3) is 0 Å². The van der Waals surface area contributed by atoms with Gasteiger partial charge in [-0.05, 0) is 60.5 Å². The van der Waals surface area contributed by atoms with Crippen molar-refractivity contribution in [2.24, 2.45) is 0 Å². The highest BCUT2D eigenvalue weighted by atomic mass is 79.9. The van der Waals surface area contributed by atoms with E-state index in [2.05, 4.69) is 76.7 Å². The second-order valence-electron chi connectivity index (χ2n) is 5.90. The molecule has 21 heavy (non-hydrogen) atoms. The Kier molecular flexibility index (Phi) is 4.77. The third-order valence-electron chi connectivity index (χ3n) is 4.37. The molecule has 0 heterocycles. The standard InChI is InChI=1S/C19H22BrN/c1-2-10-21-19(15-7-5-8-17(20)12-15)13-16-11-14-6-3-4-9-18(14)16/h3-9,12,16,19,21H,2,10-11,13H2,1H3. The Morgan fingerprint density at radius 3 is 2.81 bits per heavy atom. The van der Waals surface area contributed by atoms with E-state index in [0.717, 1.165) is 11.0 Å². The van der Waals surface area contributed by atoms with Crippen LogP contribution in [-0.2, 0) is 6.42 Å². The molecule has 0 amide bonds. The summed E-state index contributed by atoms with van der Waals surface area (Å²) in [5.41, 5.74) is 4.48. The Hall–Kier alpha value is -1.12. The summed E-state index contributed by atoms with van der Waals surface area (Å²) in [6.07, 6.45) is 3.59.